The first kappa shape index (κ1) is 16.4. The van der Waals surface area contributed by atoms with Crippen LogP contribution in [0.5, 0.6) is 0 Å². The summed E-state index contributed by atoms with van der Waals surface area (Å²) < 4.78 is 37.0. The quantitative estimate of drug-likeness (QED) is 0.897. The molecule has 0 spiro atoms. The maximum Gasteiger partial charge on any atom is 0.153 e. The SMILES string of the molecule is CNC(CCN1CCS(=O)(=O)CC1C)c1ccccc1F. The third-order valence-corrected chi connectivity index (χ3v) is 5.94. The van der Waals surface area contributed by atoms with Crippen molar-refractivity contribution in [2.24, 2.45) is 0 Å². The molecule has 1 saturated heterocycles. The molecule has 21 heavy (non-hydrogen) atoms. The van der Waals surface area contributed by atoms with Gasteiger partial charge in [0.05, 0.1) is 11.5 Å². The van der Waals surface area contributed by atoms with Crippen molar-refractivity contribution in [1.82, 2.24) is 10.2 Å². The lowest BCUT2D eigenvalue weighted by Gasteiger charge is -2.34. The summed E-state index contributed by atoms with van der Waals surface area (Å²) in [4.78, 5) is 2.17. The minimum atomic E-state index is -2.89. The Bertz CT molecular complexity index is 577. The molecule has 2 atom stereocenters. The molecular formula is C15H23FN2O2S. The molecule has 2 rings (SSSR count). The first-order valence-corrected chi connectivity index (χ1v) is 9.11. The summed E-state index contributed by atoms with van der Waals surface area (Å²) in [6.45, 7) is 3.27. The van der Waals surface area contributed by atoms with Gasteiger partial charge in [-0.15, -0.1) is 0 Å². The van der Waals surface area contributed by atoms with Gasteiger partial charge in [-0.25, -0.2) is 12.8 Å². The minimum Gasteiger partial charge on any atom is -0.313 e. The molecule has 1 fully saturated rings. The lowest BCUT2D eigenvalue weighted by Crippen LogP contribution is -2.47. The van der Waals surface area contributed by atoms with Gasteiger partial charge in [-0.2, -0.15) is 0 Å². The minimum absolute atomic E-state index is 0.0295. The highest BCUT2D eigenvalue weighted by Gasteiger charge is 2.28. The van der Waals surface area contributed by atoms with Gasteiger partial charge in [0.25, 0.3) is 0 Å². The van der Waals surface area contributed by atoms with Crippen LogP contribution in [-0.2, 0) is 9.84 Å². The van der Waals surface area contributed by atoms with Crippen molar-refractivity contribution in [3.05, 3.63) is 35.6 Å². The van der Waals surface area contributed by atoms with Gasteiger partial charge >= 0.3 is 0 Å². The van der Waals surface area contributed by atoms with Crippen molar-refractivity contribution in [2.75, 3.05) is 31.6 Å². The molecule has 1 aromatic rings. The van der Waals surface area contributed by atoms with Crippen LogP contribution in [0.3, 0.4) is 0 Å². The Hall–Kier alpha value is -0.980. The van der Waals surface area contributed by atoms with Crippen molar-refractivity contribution in [3.8, 4) is 0 Å². The molecule has 1 aliphatic heterocycles. The first-order valence-electron chi connectivity index (χ1n) is 7.29. The van der Waals surface area contributed by atoms with E-state index in [1.165, 1.54) is 6.07 Å². The van der Waals surface area contributed by atoms with E-state index in [9.17, 15) is 12.8 Å². The van der Waals surface area contributed by atoms with E-state index >= 15 is 0 Å². The van der Waals surface area contributed by atoms with Crippen LogP contribution in [-0.4, -0.2) is 51.0 Å². The van der Waals surface area contributed by atoms with E-state index in [1.807, 2.05) is 20.0 Å². The van der Waals surface area contributed by atoms with Crippen molar-refractivity contribution < 1.29 is 12.8 Å². The Morgan fingerprint density at radius 2 is 2.14 bits per heavy atom. The van der Waals surface area contributed by atoms with Crippen molar-refractivity contribution in [3.63, 3.8) is 0 Å². The zero-order valence-corrected chi connectivity index (χ0v) is 13.4. The van der Waals surface area contributed by atoms with Gasteiger partial charge in [0.2, 0.25) is 0 Å². The van der Waals surface area contributed by atoms with Crippen molar-refractivity contribution in [1.29, 1.82) is 0 Å². The third-order valence-electron chi connectivity index (χ3n) is 4.14. The molecular weight excluding hydrogens is 291 g/mol. The molecule has 0 saturated carbocycles. The smallest absolute Gasteiger partial charge is 0.153 e. The van der Waals surface area contributed by atoms with Gasteiger partial charge in [0.1, 0.15) is 5.82 Å². The van der Waals surface area contributed by atoms with Crippen LogP contribution in [0.4, 0.5) is 4.39 Å². The normalized spacial score (nSPS) is 23.9. The number of nitrogens with zero attached hydrogens (tertiary/aromatic N) is 1. The van der Waals surface area contributed by atoms with Crippen LogP contribution in [0.2, 0.25) is 0 Å². The number of nitrogens with one attached hydrogen (secondary N) is 1. The van der Waals surface area contributed by atoms with Crippen LogP contribution in [0.15, 0.2) is 24.3 Å². The Labute approximate surface area is 126 Å². The first-order chi connectivity index (χ1) is 9.93. The summed E-state index contributed by atoms with van der Waals surface area (Å²) in [5.41, 5.74) is 0.664. The zero-order chi connectivity index (χ0) is 15.5. The molecule has 6 heteroatoms. The fourth-order valence-electron chi connectivity index (χ4n) is 2.87. The average Bonchev–Trinajstić information content (AvgIpc) is 2.42. The van der Waals surface area contributed by atoms with Crippen LogP contribution < -0.4 is 5.32 Å². The molecule has 1 N–H and O–H groups in total. The Kier molecular flexibility index (Phi) is 5.35. The molecule has 4 nitrogen and oxygen atoms in total. The van der Waals surface area contributed by atoms with Gasteiger partial charge in [-0.05, 0) is 26.5 Å². The fourth-order valence-corrected chi connectivity index (χ4v) is 4.50. The van der Waals surface area contributed by atoms with Gasteiger partial charge in [-0.1, -0.05) is 18.2 Å². The molecule has 1 aliphatic rings. The van der Waals surface area contributed by atoms with Gasteiger partial charge in [0, 0.05) is 30.7 Å². The van der Waals surface area contributed by atoms with E-state index in [1.54, 1.807) is 12.1 Å². The number of hydrogen-bond donors (Lipinski definition) is 1. The molecule has 0 amide bonds. The molecule has 0 radical (unpaired) electrons. The maximum absolute atomic E-state index is 13.8. The second-order valence-corrected chi connectivity index (χ2v) is 7.88. The lowest BCUT2D eigenvalue weighted by atomic mass is 10.0. The van der Waals surface area contributed by atoms with E-state index in [0.29, 0.717) is 12.1 Å². The predicted molar refractivity (Wildman–Crippen MR) is 82.5 cm³/mol. The Morgan fingerprint density at radius 1 is 1.43 bits per heavy atom. The number of benzene rings is 1. The molecule has 1 aromatic carbocycles. The Morgan fingerprint density at radius 3 is 2.76 bits per heavy atom. The van der Waals surface area contributed by atoms with Gasteiger partial charge in [-0.3, -0.25) is 4.90 Å². The highest BCUT2D eigenvalue weighted by Crippen LogP contribution is 2.21. The molecule has 1 heterocycles. The highest BCUT2D eigenvalue weighted by atomic mass is 32.2. The zero-order valence-electron chi connectivity index (χ0n) is 12.5. The molecule has 0 aromatic heterocycles. The second kappa shape index (κ2) is 6.85. The molecule has 2 unspecified atom stereocenters. The Balaban J connectivity index is 1.97. The van der Waals surface area contributed by atoms with E-state index in [2.05, 4.69) is 10.2 Å². The monoisotopic (exact) mass is 314 g/mol. The van der Waals surface area contributed by atoms with Crippen LogP contribution in [0.1, 0.15) is 24.9 Å². The summed E-state index contributed by atoms with van der Waals surface area (Å²) in [5, 5.41) is 3.14. The third kappa shape index (κ3) is 4.25. The average molecular weight is 314 g/mol. The van der Waals surface area contributed by atoms with E-state index in [4.69, 9.17) is 0 Å². The number of rotatable bonds is 5. The highest BCUT2D eigenvalue weighted by molar-refractivity contribution is 7.91. The summed E-state index contributed by atoms with van der Waals surface area (Å²) >= 11 is 0. The summed E-state index contributed by atoms with van der Waals surface area (Å²) in [5.74, 6) is 0.240. The fraction of sp³-hybridized carbons (Fsp3) is 0.600. The topological polar surface area (TPSA) is 49.4 Å². The standard InChI is InChI=1S/C15H23FN2O2S/c1-12-11-21(19,20)10-9-18(12)8-7-15(17-2)13-5-3-4-6-14(13)16/h3-6,12,15,17H,7-11H2,1-2H3. The number of sulfone groups is 1. The predicted octanol–water partition coefficient (Wildman–Crippen LogP) is 1.60. The lowest BCUT2D eigenvalue weighted by molar-refractivity contribution is 0.215. The summed E-state index contributed by atoms with van der Waals surface area (Å²) in [6, 6.07) is 6.75. The second-order valence-electron chi connectivity index (χ2n) is 5.65. The molecule has 0 aliphatic carbocycles. The van der Waals surface area contributed by atoms with Crippen molar-refractivity contribution >= 4 is 9.84 Å². The molecule has 118 valence electrons. The van der Waals surface area contributed by atoms with Crippen molar-refractivity contribution in [2.45, 2.75) is 25.4 Å². The largest absolute Gasteiger partial charge is 0.313 e. The van der Waals surface area contributed by atoms with Crippen LogP contribution in [0.25, 0.3) is 0 Å². The van der Waals surface area contributed by atoms with Gasteiger partial charge in [0.15, 0.2) is 9.84 Å². The maximum atomic E-state index is 13.8. The van der Waals surface area contributed by atoms with Crippen LogP contribution >= 0.6 is 0 Å². The number of halogens is 1. The van der Waals surface area contributed by atoms with Crippen LogP contribution in [0, 0.1) is 5.82 Å². The summed E-state index contributed by atoms with van der Waals surface area (Å²) in [7, 11) is -1.06. The van der Waals surface area contributed by atoms with E-state index in [0.717, 1.165) is 13.0 Å². The van der Waals surface area contributed by atoms with E-state index in [-0.39, 0.29) is 29.4 Å². The number of hydrogen-bond acceptors (Lipinski definition) is 4. The summed E-state index contributed by atoms with van der Waals surface area (Å²) in [6.07, 6.45) is 0.752. The van der Waals surface area contributed by atoms with E-state index < -0.39 is 9.84 Å². The molecule has 0 bridgehead atoms. The van der Waals surface area contributed by atoms with Gasteiger partial charge < -0.3 is 5.32 Å².